The first-order valence-corrected chi connectivity index (χ1v) is 8.31. The summed E-state index contributed by atoms with van der Waals surface area (Å²) in [6, 6.07) is 6.68. The number of carbonyl (C=O) groups is 1. The number of carbonyl (C=O) groups excluding carboxylic acids is 1. The van der Waals surface area contributed by atoms with Crippen LogP contribution in [0.3, 0.4) is 0 Å². The summed E-state index contributed by atoms with van der Waals surface area (Å²) in [5, 5.41) is 1.93. The fraction of sp³-hybridized carbons (Fsp3) is 0.235. The third kappa shape index (κ3) is 5.12. The second-order valence-corrected chi connectivity index (χ2v) is 6.60. The molecule has 0 bridgehead atoms. The Morgan fingerprint density at radius 3 is 2.36 bits per heavy atom. The van der Waals surface area contributed by atoms with Gasteiger partial charge >= 0.3 is 6.18 Å². The molecule has 0 saturated heterocycles. The molecule has 25 heavy (non-hydrogen) atoms. The van der Waals surface area contributed by atoms with Crippen molar-refractivity contribution in [3.05, 3.63) is 56.5 Å². The number of nitrogens with one attached hydrogen (secondary N) is 1. The van der Waals surface area contributed by atoms with Crippen molar-refractivity contribution < 1.29 is 22.7 Å². The summed E-state index contributed by atoms with van der Waals surface area (Å²) < 4.78 is 44.8. The third-order valence-corrected chi connectivity index (χ3v) is 4.92. The average Bonchev–Trinajstić information content (AvgIpc) is 2.51. The van der Waals surface area contributed by atoms with Crippen molar-refractivity contribution in [1.29, 1.82) is 0 Å². The molecule has 0 aromatic heterocycles. The van der Waals surface area contributed by atoms with Gasteiger partial charge in [0, 0.05) is 10.2 Å². The first-order chi connectivity index (χ1) is 11.6. The van der Waals surface area contributed by atoms with Crippen LogP contribution in [-0.4, -0.2) is 12.5 Å². The van der Waals surface area contributed by atoms with Gasteiger partial charge in [-0.3, -0.25) is 4.79 Å². The molecule has 0 aliphatic carbocycles. The standard InChI is InChI=1S/C17H14BrClF3NO2/c1-9-5-12(6-10(2)16(9)18)25-8-15(24)23-11-3-4-14(19)13(7-11)17(20,21)22/h3-7H,8H2,1-2H3,(H,23,24). The van der Waals surface area contributed by atoms with Crippen LogP contribution >= 0.6 is 27.5 Å². The molecule has 2 rings (SSSR count). The van der Waals surface area contributed by atoms with Crippen molar-refractivity contribution in [3.63, 3.8) is 0 Å². The van der Waals surface area contributed by atoms with E-state index in [1.54, 1.807) is 12.1 Å². The van der Waals surface area contributed by atoms with E-state index in [0.717, 1.165) is 27.7 Å². The van der Waals surface area contributed by atoms with E-state index >= 15 is 0 Å². The molecule has 0 atom stereocenters. The molecular weight excluding hydrogens is 423 g/mol. The number of ether oxygens (including phenoxy) is 1. The van der Waals surface area contributed by atoms with Crippen LogP contribution in [0.15, 0.2) is 34.8 Å². The quantitative estimate of drug-likeness (QED) is 0.662. The third-order valence-electron chi connectivity index (χ3n) is 3.34. The maximum Gasteiger partial charge on any atom is 0.417 e. The molecule has 2 aromatic rings. The van der Waals surface area contributed by atoms with Crippen LogP contribution in [0.1, 0.15) is 16.7 Å². The molecule has 0 aliphatic heterocycles. The van der Waals surface area contributed by atoms with Crippen molar-refractivity contribution in [2.75, 3.05) is 11.9 Å². The van der Waals surface area contributed by atoms with Gasteiger partial charge < -0.3 is 10.1 Å². The van der Waals surface area contributed by atoms with Gasteiger partial charge in [0.05, 0.1) is 10.6 Å². The smallest absolute Gasteiger partial charge is 0.417 e. The summed E-state index contributed by atoms with van der Waals surface area (Å²) in [4.78, 5) is 11.9. The van der Waals surface area contributed by atoms with E-state index in [9.17, 15) is 18.0 Å². The number of hydrogen-bond donors (Lipinski definition) is 1. The van der Waals surface area contributed by atoms with Gasteiger partial charge in [0.2, 0.25) is 0 Å². The van der Waals surface area contributed by atoms with Crippen molar-refractivity contribution in [1.82, 2.24) is 0 Å². The van der Waals surface area contributed by atoms with Crippen molar-refractivity contribution >= 4 is 39.1 Å². The van der Waals surface area contributed by atoms with Gasteiger partial charge in [0.15, 0.2) is 6.61 Å². The predicted octanol–water partition coefficient (Wildman–Crippen LogP) is 5.76. The van der Waals surface area contributed by atoms with Gasteiger partial charge in [-0.2, -0.15) is 13.2 Å². The lowest BCUT2D eigenvalue weighted by atomic mass is 10.1. The van der Waals surface area contributed by atoms with Crippen molar-refractivity contribution in [2.45, 2.75) is 20.0 Å². The molecule has 0 fully saturated rings. The van der Waals surface area contributed by atoms with E-state index in [2.05, 4.69) is 21.2 Å². The van der Waals surface area contributed by atoms with Crippen LogP contribution in [0.5, 0.6) is 5.75 Å². The number of halogens is 5. The molecule has 3 nitrogen and oxygen atoms in total. The number of amides is 1. The Balaban J connectivity index is 2.04. The van der Waals surface area contributed by atoms with Crippen LogP contribution in [0, 0.1) is 13.8 Å². The molecular formula is C17H14BrClF3NO2. The average molecular weight is 437 g/mol. The highest BCUT2D eigenvalue weighted by atomic mass is 79.9. The fourth-order valence-corrected chi connectivity index (χ4v) is 2.61. The number of rotatable bonds is 4. The Labute approximate surface area is 156 Å². The van der Waals surface area contributed by atoms with Gasteiger partial charge in [0.25, 0.3) is 5.91 Å². The fourth-order valence-electron chi connectivity index (χ4n) is 2.16. The number of hydrogen-bond acceptors (Lipinski definition) is 2. The molecule has 0 spiro atoms. The lowest BCUT2D eigenvalue weighted by Crippen LogP contribution is -2.20. The molecule has 0 aliphatic rings. The minimum absolute atomic E-state index is 0.00603. The van der Waals surface area contributed by atoms with Crippen molar-refractivity contribution in [2.24, 2.45) is 0 Å². The van der Waals surface area contributed by atoms with Crippen LogP contribution < -0.4 is 10.1 Å². The molecule has 1 amide bonds. The first-order valence-electron chi connectivity index (χ1n) is 7.14. The lowest BCUT2D eigenvalue weighted by Gasteiger charge is -2.13. The molecule has 134 valence electrons. The maximum atomic E-state index is 12.8. The molecule has 0 saturated carbocycles. The maximum absolute atomic E-state index is 12.8. The number of anilines is 1. The van der Waals surface area contributed by atoms with Gasteiger partial charge in [-0.15, -0.1) is 0 Å². The van der Waals surface area contributed by atoms with E-state index in [1.165, 1.54) is 6.07 Å². The van der Waals surface area contributed by atoms with Gasteiger partial charge in [-0.05, 0) is 55.3 Å². The van der Waals surface area contributed by atoms with Crippen LogP contribution in [0.2, 0.25) is 5.02 Å². The van der Waals surface area contributed by atoms with Gasteiger partial charge in [-0.1, -0.05) is 27.5 Å². The van der Waals surface area contributed by atoms with E-state index in [0.29, 0.717) is 5.75 Å². The summed E-state index contributed by atoms with van der Waals surface area (Å²) in [5.41, 5.74) is 0.881. The Morgan fingerprint density at radius 1 is 1.20 bits per heavy atom. The first kappa shape index (κ1) is 19.6. The molecule has 8 heteroatoms. The normalized spacial score (nSPS) is 11.3. The second-order valence-electron chi connectivity index (χ2n) is 5.40. The highest BCUT2D eigenvalue weighted by Gasteiger charge is 2.33. The zero-order valence-electron chi connectivity index (χ0n) is 13.3. The predicted molar refractivity (Wildman–Crippen MR) is 94.2 cm³/mol. The van der Waals surface area contributed by atoms with Gasteiger partial charge in [0.1, 0.15) is 5.75 Å². The number of alkyl halides is 3. The zero-order valence-corrected chi connectivity index (χ0v) is 15.6. The Morgan fingerprint density at radius 2 is 1.80 bits per heavy atom. The number of aryl methyl sites for hydroxylation is 2. The SMILES string of the molecule is Cc1cc(OCC(=O)Nc2ccc(Cl)c(C(F)(F)F)c2)cc(C)c1Br. The van der Waals surface area contributed by atoms with E-state index in [4.69, 9.17) is 16.3 Å². The van der Waals surface area contributed by atoms with E-state index < -0.39 is 22.7 Å². The largest absolute Gasteiger partial charge is 0.484 e. The summed E-state index contributed by atoms with van der Waals surface area (Å²) in [7, 11) is 0. The highest BCUT2D eigenvalue weighted by Crippen LogP contribution is 2.36. The topological polar surface area (TPSA) is 38.3 Å². The minimum Gasteiger partial charge on any atom is -0.484 e. The monoisotopic (exact) mass is 435 g/mol. The Hall–Kier alpha value is -1.73. The highest BCUT2D eigenvalue weighted by molar-refractivity contribution is 9.10. The van der Waals surface area contributed by atoms with E-state index in [1.807, 2.05) is 13.8 Å². The second kappa shape index (κ2) is 7.66. The summed E-state index contributed by atoms with van der Waals surface area (Å²) in [6.07, 6.45) is -4.60. The summed E-state index contributed by atoms with van der Waals surface area (Å²) in [5.74, 6) is -0.0749. The number of benzene rings is 2. The van der Waals surface area contributed by atoms with Crippen LogP contribution in [-0.2, 0) is 11.0 Å². The zero-order chi connectivity index (χ0) is 18.8. The minimum atomic E-state index is -4.60. The molecule has 1 N–H and O–H groups in total. The molecule has 2 aromatic carbocycles. The van der Waals surface area contributed by atoms with Crippen LogP contribution in [0.25, 0.3) is 0 Å². The molecule has 0 radical (unpaired) electrons. The van der Waals surface area contributed by atoms with Crippen LogP contribution in [0.4, 0.5) is 18.9 Å². The lowest BCUT2D eigenvalue weighted by molar-refractivity contribution is -0.137. The molecule has 0 unspecified atom stereocenters. The van der Waals surface area contributed by atoms with Crippen molar-refractivity contribution in [3.8, 4) is 5.75 Å². The summed E-state index contributed by atoms with van der Waals surface area (Å²) >= 11 is 8.97. The molecule has 0 heterocycles. The summed E-state index contributed by atoms with van der Waals surface area (Å²) in [6.45, 7) is 3.44. The Bertz CT molecular complexity index is 786. The van der Waals surface area contributed by atoms with Gasteiger partial charge in [-0.25, -0.2) is 0 Å². The van der Waals surface area contributed by atoms with E-state index in [-0.39, 0.29) is 12.3 Å². The Kier molecular flexibility index (Phi) is 6.00.